The summed E-state index contributed by atoms with van der Waals surface area (Å²) in [5.74, 6) is 0.838. The lowest BCUT2D eigenvalue weighted by Crippen LogP contribution is -2.19. The molecule has 0 radical (unpaired) electrons. The minimum absolute atomic E-state index is 0.560. The number of anilines is 1. The summed E-state index contributed by atoms with van der Waals surface area (Å²) in [6.45, 7) is 0. The predicted octanol–water partition coefficient (Wildman–Crippen LogP) is 3.34. The van der Waals surface area contributed by atoms with E-state index in [9.17, 15) is 4.79 Å². The lowest BCUT2D eigenvalue weighted by atomic mass is 10.3. The Labute approximate surface area is 116 Å². The topological polar surface area (TPSA) is 64.3 Å². The Bertz CT molecular complexity index is 553. The first-order valence-corrected chi connectivity index (χ1v) is 6.47. The third-order valence-corrected chi connectivity index (χ3v) is 3.43. The van der Waals surface area contributed by atoms with Crippen LogP contribution in [0.25, 0.3) is 0 Å². The van der Waals surface area contributed by atoms with E-state index < -0.39 is 6.03 Å². The van der Waals surface area contributed by atoms with E-state index in [-0.39, 0.29) is 0 Å². The average molecular weight is 274 g/mol. The number of amides is 2. The summed E-state index contributed by atoms with van der Waals surface area (Å²) >= 11 is 1.63. The molecule has 3 N–H and O–H groups in total. The normalized spacial score (nSPS) is 9.95. The van der Waals surface area contributed by atoms with Gasteiger partial charge in [0, 0.05) is 15.5 Å². The number of carbonyl (C=O) groups is 1. The van der Waals surface area contributed by atoms with Gasteiger partial charge in [0.1, 0.15) is 5.75 Å². The van der Waals surface area contributed by atoms with Crippen LogP contribution in [0.5, 0.6) is 5.75 Å². The summed E-state index contributed by atoms with van der Waals surface area (Å²) in [7, 11) is 1.65. The van der Waals surface area contributed by atoms with Crippen LogP contribution in [0.2, 0.25) is 0 Å². The average Bonchev–Trinajstić information content (AvgIpc) is 2.41. The van der Waals surface area contributed by atoms with E-state index in [0.29, 0.717) is 5.69 Å². The molecule has 0 atom stereocenters. The van der Waals surface area contributed by atoms with Crippen LogP contribution in [0, 0.1) is 0 Å². The fourth-order valence-corrected chi connectivity index (χ4v) is 2.34. The molecule has 0 heterocycles. The van der Waals surface area contributed by atoms with Gasteiger partial charge in [-0.25, -0.2) is 4.79 Å². The predicted molar refractivity (Wildman–Crippen MR) is 76.8 cm³/mol. The quantitative estimate of drug-likeness (QED) is 0.898. The standard InChI is InChI=1S/C14H14N2O2S/c1-18-11-4-8-13(9-5-11)19-12-6-2-10(3-7-12)16-14(15)17/h2-9H,1H3,(H3,15,16,17). The Morgan fingerprint density at radius 2 is 1.58 bits per heavy atom. The number of rotatable bonds is 4. The SMILES string of the molecule is COc1ccc(Sc2ccc(NC(N)=O)cc2)cc1. The zero-order valence-corrected chi connectivity index (χ0v) is 11.2. The number of primary amides is 1. The monoisotopic (exact) mass is 274 g/mol. The maximum atomic E-state index is 10.7. The first kappa shape index (κ1) is 13.3. The highest BCUT2D eigenvalue weighted by Crippen LogP contribution is 2.29. The maximum Gasteiger partial charge on any atom is 0.316 e. The molecular weight excluding hydrogens is 260 g/mol. The number of hydrogen-bond donors (Lipinski definition) is 2. The van der Waals surface area contributed by atoms with Crippen molar-refractivity contribution < 1.29 is 9.53 Å². The molecule has 0 aliphatic carbocycles. The third kappa shape index (κ3) is 3.93. The van der Waals surface area contributed by atoms with Crippen molar-refractivity contribution in [1.29, 1.82) is 0 Å². The van der Waals surface area contributed by atoms with Gasteiger partial charge in [-0.2, -0.15) is 0 Å². The summed E-state index contributed by atoms with van der Waals surface area (Å²) in [4.78, 5) is 12.9. The van der Waals surface area contributed by atoms with E-state index in [0.717, 1.165) is 15.5 Å². The third-order valence-electron chi connectivity index (χ3n) is 2.42. The van der Waals surface area contributed by atoms with Crippen molar-refractivity contribution in [3.05, 3.63) is 48.5 Å². The van der Waals surface area contributed by atoms with Crippen molar-refractivity contribution in [2.75, 3.05) is 12.4 Å². The van der Waals surface area contributed by atoms with Crippen LogP contribution in [0.1, 0.15) is 0 Å². The van der Waals surface area contributed by atoms with Crippen molar-refractivity contribution in [3.63, 3.8) is 0 Å². The minimum Gasteiger partial charge on any atom is -0.497 e. The summed E-state index contributed by atoms with van der Waals surface area (Å²) < 4.78 is 5.11. The second kappa shape index (κ2) is 6.15. The Hall–Kier alpha value is -2.14. The number of methoxy groups -OCH3 is 1. The lowest BCUT2D eigenvalue weighted by molar-refractivity contribution is 0.259. The van der Waals surface area contributed by atoms with Crippen LogP contribution in [0.3, 0.4) is 0 Å². The fraction of sp³-hybridized carbons (Fsp3) is 0.0714. The van der Waals surface area contributed by atoms with Gasteiger partial charge in [-0.1, -0.05) is 11.8 Å². The molecule has 0 aromatic heterocycles. The summed E-state index contributed by atoms with van der Waals surface area (Å²) in [6, 6.07) is 14.8. The number of urea groups is 1. The molecule has 2 aromatic carbocycles. The Balaban J connectivity index is 2.04. The lowest BCUT2D eigenvalue weighted by Gasteiger charge is -2.05. The van der Waals surface area contributed by atoms with Crippen molar-refractivity contribution in [2.45, 2.75) is 9.79 Å². The molecule has 0 saturated heterocycles. The first-order valence-electron chi connectivity index (χ1n) is 5.66. The van der Waals surface area contributed by atoms with Crippen molar-refractivity contribution in [3.8, 4) is 5.75 Å². The molecule has 2 amide bonds. The van der Waals surface area contributed by atoms with Crippen LogP contribution in [-0.2, 0) is 0 Å². The summed E-state index contributed by atoms with van der Waals surface area (Å²) in [5.41, 5.74) is 5.73. The molecule has 0 aliphatic rings. The molecule has 2 aromatic rings. The van der Waals surface area contributed by atoms with Crippen molar-refractivity contribution in [1.82, 2.24) is 0 Å². The molecule has 0 fully saturated rings. The van der Waals surface area contributed by atoms with Gasteiger partial charge in [0.2, 0.25) is 0 Å². The summed E-state index contributed by atoms with van der Waals surface area (Å²) in [5, 5.41) is 2.52. The molecule has 0 aliphatic heterocycles. The molecule has 4 nitrogen and oxygen atoms in total. The number of hydrogen-bond acceptors (Lipinski definition) is 3. The van der Waals surface area contributed by atoms with Gasteiger partial charge in [0.05, 0.1) is 7.11 Å². The Morgan fingerprint density at radius 3 is 2.05 bits per heavy atom. The summed E-state index contributed by atoms with van der Waals surface area (Å²) in [6.07, 6.45) is 0. The number of benzene rings is 2. The maximum absolute atomic E-state index is 10.7. The number of ether oxygens (including phenoxy) is 1. The van der Waals surface area contributed by atoms with Crippen LogP contribution >= 0.6 is 11.8 Å². The molecule has 0 bridgehead atoms. The molecule has 0 spiro atoms. The minimum atomic E-state index is -0.560. The van der Waals surface area contributed by atoms with Gasteiger partial charge in [-0.05, 0) is 48.5 Å². The van der Waals surface area contributed by atoms with Gasteiger partial charge in [0.15, 0.2) is 0 Å². The molecule has 98 valence electrons. The zero-order chi connectivity index (χ0) is 13.7. The van der Waals surface area contributed by atoms with Crippen molar-refractivity contribution >= 4 is 23.5 Å². The second-order valence-electron chi connectivity index (χ2n) is 3.79. The van der Waals surface area contributed by atoms with E-state index in [1.54, 1.807) is 18.9 Å². The van der Waals surface area contributed by atoms with Crippen molar-refractivity contribution in [2.24, 2.45) is 5.73 Å². The Morgan fingerprint density at radius 1 is 1.05 bits per heavy atom. The first-order chi connectivity index (χ1) is 9.17. The van der Waals surface area contributed by atoms with Gasteiger partial charge in [-0.15, -0.1) is 0 Å². The molecule has 19 heavy (non-hydrogen) atoms. The van der Waals surface area contributed by atoms with Gasteiger partial charge >= 0.3 is 6.03 Å². The highest BCUT2D eigenvalue weighted by molar-refractivity contribution is 7.99. The Kier molecular flexibility index (Phi) is 4.30. The van der Waals surface area contributed by atoms with E-state index >= 15 is 0 Å². The van der Waals surface area contributed by atoms with Crippen LogP contribution in [0.4, 0.5) is 10.5 Å². The number of nitrogens with two attached hydrogens (primary N) is 1. The smallest absolute Gasteiger partial charge is 0.316 e. The largest absolute Gasteiger partial charge is 0.497 e. The number of nitrogens with one attached hydrogen (secondary N) is 1. The van der Waals surface area contributed by atoms with E-state index in [1.807, 2.05) is 48.5 Å². The van der Waals surface area contributed by atoms with Crippen LogP contribution in [0.15, 0.2) is 58.3 Å². The zero-order valence-electron chi connectivity index (χ0n) is 10.4. The van der Waals surface area contributed by atoms with E-state index in [4.69, 9.17) is 10.5 Å². The van der Waals surface area contributed by atoms with E-state index in [2.05, 4.69) is 5.32 Å². The van der Waals surface area contributed by atoms with Crippen LogP contribution in [-0.4, -0.2) is 13.1 Å². The van der Waals surface area contributed by atoms with Gasteiger partial charge in [0.25, 0.3) is 0 Å². The highest BCUT2D eigenvalue weighted by Gasteiger charge is 2.00. The molecular formula is C14H14N2O2S. The molecule has 5 heteroatoms. The second-order valence-corrected chi connectivity index (χ2v) is 4.94. The highest BCUT2D eigenvalue weighted by atomic mass is 32.2. The van der Waals surface area contributed by atoms with E-state index in [1.165, 1.54) is 0 Å². The van der Waals surface area contributed by atoms with Gasteiger partial charge in [-0.3, -0.25) is 0 Å². The van der Waals surface area contributed by atoms with Gasteiger partial charge < -0.3 is 15.8 Å². The molecule has 2 rings (SSSR count). The van der Waals surface area contributed by atoms with Crippen LogP contribution < -0.4 is 15.8 Å². The molecule has 0 unspecified atom stereocenters. The molecule has 0 saturated carbocycles. The fourth-order valence-electron chi connectivity index (χ4n) is 1.53. The number of carbonyl (C=O) groups excluding carboxylic acids is 1.